The first-order chi connectivity index (χ1) is 16.4. The van der Waals surface area contributed by atoms with E-state index < -0.39 is 6.10 Å². The Morgan fingerprint density at radius 3 is 2.68 bits per heavy atom. The average molecular weight is 484 g/mol. The van der Waals surface area contributed by atoms with Crippen molar-refractivity contribution in [2.45, 2.75) is 33.3 Å². The zero-order chi connectivity index (χ0) is 24.0. The van der Waals surface area contributed by atoms with Gasteiger partial charge in [0.2, 0.25) is 0 Å². The number of likely N-dealkylation sites (N-methyl/N-ethyl adjacent to an activating group) is 1. The lowest BCUT2D eigenvalue weighted by atomic mass is 10.0. The van der Waals surface area contributed by atoms with Crippen molar-refractivity contribution >= 4 is 17.4 Å². The van der Waals surface area contributed by atoms with Crippen molar-refractivity contribution in [1.82, 2.24) is 20.4 Å². The van der Waals surface area contributed by atoms with E-state index in [1.165, 1.54) is 6.42 Å². The molecule has 0 spiro atoms. The maximum atomic E-state index is 10.00. The molecule has 2 aromatic heterocycles. The van der Waals surface area contributed by atoms with Gasteiger partial charge in [-0.25, -0.2) is 9.97 Å². The molecule has 1 aliphatic carbocycles. The fourth-order valence-corrected chi connectivity index (χ4v) is 5.02. The number of benzene rings is 1. The summed E-state index contributed by atoms with van der Waals surface area (Å²) in [6.07, 6.45) is 0.702. The number of halogens is 1. The third kappa shape index (κ3) is 4.37. The van der Waals surface area contributed by atoms with Crippen molar-refractivity contribution in [3.8, 4) is 28.4 Å². The second-order valence-electron chi connectivity index (χ2n) is 9.37. The third-order valence-electron chi connectivity index (χ3n) is 6.73. The minimum Gasteiger partial charge on any atom is -0.491 e. The van der Waals surface area contributed by atoms with Gasteiger partial charge in [0, 0.05) is 30.8 Å². The van der Waals surface area contributed by atoms with Crippen molar-refractivity contribution < 1.29 is 14.4 Å². The Morgan fingerprint density at radius 2 is 2.00 bits per heavy atom. The first-order valence-corrected chi connectivity index (χ1v) is 12.1. The van der Waals surface area contributed by atoms with Crippen LogP contribution in [0.15, 0.2) is 22.7 Å². The van der Waals surface area contributed by atoms with Crippen LogP contribution in [0.5, 0.6) is 5.75 Å². The molecular weight excluding hydrogens is 454 g/mol. The molecule has 1 aliphatic heterocycles. The highest BCUT2D eigenvalue weighted by Crippen LogP contribution is 2.47. The molecule has 2 aliphatic rings. The van der Waals surface area contributed by atoms with Crippen LogP contribution in [0.1, 0.15) is 23.4 Å². The Kier molecular flexibility index (Phi) is 6.22. The molecule has 1 aromatic carbocycles. The molecule has 34 heavy (non-hydrogen) atoms. The fourth-order valence-electron chi connectivity index (χ4n) is 4.82. The molecule has 0 radical (unpaired) electrons. The summed E-state index contributed by atoms with van der Waals surface area (Å²) in [5, 5.41) is 17.6. The lowest BCUT2D eigenvalue weighted by Crippen LogP contribution is -2.29. The molecule has 0 amide bonds. The fraction of sp³-hybridized carbons (Fsp3) is 0.480. The van der Waals surface area contributed by atoms with Gasteiger partial charge in [0.1, 0.15) is 30.0 Å². The first kappa shape index (κ1) is 23.1. The Bertz CT molecular complexity index is 1180. The van der Waals surface area contributed by atoms with Crippen molar-refractivity contribution in [1.29, 1.82) is 0 Å². The standard InChI is InChI=1S/C25H30ClN5O3/c1-13-23(22-14(2)30-34-15(22)3)28-24(29-25(13)31-10-16-7-17(16)11-31)20-8-19(5-6-21(20)26)33-12-18(32)9-27-4/h5-6,8,16-18,27,32H,7,9-12H2,1-4H3. The van der Waals surface area contributed by atoms with Gasteiger partial charge in [-0.3, -0.25) is 0 Å². The summed E-state index contributed by atoms with van der Waals surface area (Å²) in [4.78, 5) is 12.3. The number of aromatic nitrogens is 3. The van der Waals surface area contributed by atoms with Gasteiger partial charge in [-0.05, 0) is 64.3 Å². The maximum absolute atomic E-state index is 10.00. The summed E-state index contributed by atoms with van der Waals surface area (Å²) in [5.74, 6) is 4.32. The van der Waals surface area contributed by atoms with Gasteiger partial charge in [-0.2, -0.15) is 0 Å². The summed E-state index contributed by atoms with van der Waals surface area (Å²) in [7, 11) is 1.79. The van der Waals surface area contributed by atoms with Gasteiger partial charge < -0.3 is 24.6 Å². The summed E-state index contributed by atoms with van der Waals surface area (Å²) < 4.78 is 11.3. The molecule has 9 heteroatoms. The van der Waals surface area contributed by atoms with Gasteiger partial charge in [0.15, 0.2) is 5.82 Å². The molecule has 180 valence electrons. The summed E-state index contributed by atoms with van der Waals surface area (Å²) in [6, 6.07) is 5.40. The molecule has 0 bridgehead atoms. The summed E-state index contributed by atoms with van der Waals surface area (Å²) in [6.45, 7) is 8.54. The number of aliphatic hydroxyl groups excluding tert-OH is 1. The van der Waals surface area contributed by atoms with E-state index in [4.69, 9.17) is 30.8 Å². The predicted molar refractivity (Wildman–Crippen MR) is 131 cm³/mol. The first-order valence-electron chi connectivity index (χ1n) is 11.7. The average Bonchev–Trinajstić information content (AvgIpc) is 3.28. The number of anilines is 1. The van der Waals surface area contributed by atoms with E-state index in [0.717, 1.165) is 59.0 Å². The van der Waals surface area contributed by atoms with Crippen LogP contribution in [0.4, 0.5) is 5.82 Å². The molecule has 3 heterocycles. The minimum absolute atomic E-state index is 0.169. The normalized spacial score (nSPS) is 19.9. The van der Waals surface area contributed by atoms with Gasteiger partial charge >= 0.3 is 0 Å². The van der Waals surface area contributed by atoms with Crippen molar-refractivity contribution in [2.24, 2.45) is 11.8 Å². The number of hydrogen-bond donors (Lipinski definition) is 2. The minimum atomic E-state index is -0.612. The molecule has 1 saturated heterocycles. The smallest absolute Gasteiger partial charge is 0.163 e. The number of nitrogens with zero attached hydrogens (tertiary/aromatic N) is 4. The molecule has 2 fully saturated rings. The highest BCUT2D eigenvalue weighted by atomic mass is 35.5. The third-order valence-corrected chi connectivity index (χ3v) is 7.06. The van der Waals surface area contributed by atoms with Crippen LogP contribution in [-0.2, 0) is 0 Å². The quantitative estimate of drug-likeness (QED) is 0.499. The van der Waals surface area contributed by atoms with Crippen molar-refractivity contribution in [2.75, 3.05) is 38.2 Å². The highest BCUT2D eigenvalue weighted by Gasteiger charge is 2.46. The van der Waals surface area contributed by atoms with E-state index in [1.54, 1.807) is 19.2 Å². The Morgan fingerprint density at radius 1 is 1.24 bits per heavy atom. The van der Waals surface area contributed by atoms with E-state index in [-0.39, 0.29) is 6.61 Å². The summed E-state index contributed by atoms with van der Waals surface area (Å²) in [5.41, 5.74) is 4.19. The molecule has 5 rings (SSSR count). The van der Waals surface area contributed by atoms with Crippen LogP contribution in [0.2, 0.25) is 5.02 Å². The predicted octanol–water partition coefficient (Wildman–Crippen LogP) is 3.79. The van der Waals surface area contributed by atoms with Crippen LogP contribution in [0.25, 0.3) is 22.6 Å². The number of fused-ring (bicyclic) bond motifs is 1. The van der Waals surface area contributed by atoms with E-state index in [0.29, 0.717) is 28.7 Å². The number of ether oxygens (including phenoxy) is 1. The molecule has 3 aromatic rings. The topological polar surface area (TPSA) is 96.5 Å². The van der Waals surface area contributed by atoms with Gasteiger partial charge in [-0.15, -0.1) is 0 Å². The zero-order valence-corrected chi connectivity index (χ0v) is 20.7. The number of hydrogen-bond acceptors (Lipinski definition) is 8. The van der Waals surface area contributed by atoms with E-state index in [2.05, 4.69) is 22.3 Å². The second-order valence-corrected chi connectivity index (χ2v) is 9.78. The largest absolute Gasteiger partial charge is 0.491 e. The van der Waals surface area contributed by atoms with Crippen LogP contribution < -0.4 is 15.0 Å². The molecule has 8 nitrogen and oxygen atoms in total. The SMILES string of the molecule is CNCC(O)COc1ccc(Cl)c(-c2nc(-c3c(C)noc3C)c(C)c(N3CC4CC4C3)n2)c1. The monoisotopic (exact) mass is 483 g/mol. The number of rotatable bonds is 8. The van der Waals surface area contributed by atoms with E-state index in [9.17, 15) is 5.11 Å². The van der Waals surface area contributed by atoms with Gasteiger partial charge in [0.05, 0.1) is 22.0 Å². The van der Waals surface area contributed by atoms with Crippen LogP contribution in [0, 0.1) is 32.6 Å². The van der Waals surface area contributed by atoms with Gasteiger partial charge in [0.25, 0.3) is 0 Å². The highest BCUT2D eigenvalue weighted by molar-refractivity contribution is 6.33. The van der Waals surface area contributed by atoms with E-state index >= 15 is 0 Å². The van der Waals surface area contributed by atoms with Crippen LogP contribution >= 0.6 is 11.6 Å². The lowest BCUT2D eigenvalue weighted by molar-refractivity contribution is 0.108. The molecule has 3 atom stereocenters. The summed E-state index contributed by atoms with van der Waals surface area (Å²) >= 11 is 6.63. The maximum Gasteiger partial charge on any atom is 0.163 e. The Labute approximate surface area is 204 Å². The zero-order valence-electron chi connectivity index (χ0n) is 19.9. The number of aryl methyl sites for hydroxylation is 2. The molecule has 1 saturated carbocycles. The van der Waals surface area contributed by atoms with Crippen molar-refractivity contribution in [3.63, 3.8) is 0 Å². The number of nitrogens with one attached hydrogen (secondary N) is 1. The lowest BCUT2D eigenvalue weighted by Gasteiger charge is -2.23. The number of aliphatic hydroxyl groups is 1. The second kappa shape index (κ2) is 9.17. The molecule has 3 unspecified atom stereocenters. The molecular formula is C25H30ClN5O3. The Balaban J connectivity index is 1.57. The van der Waals surface area contributed by atoms with Crippen LogP contribution in [-0.4, -0.2) is 59.6 Å². The van der Waals surface area contributed by atoms with Gasteiger partial charge in [-0.1, -0.05) is 16.8 Å². The van der Waals surface area contributed by atoms with Crippen LogP contribution in [0.3, 0.4) is 0 Å². The van der Waals surface area contributed by atoms with E-state index in [1.807, 2.05) is 19.9 Å². The number of piperidine rings is 1. The molecule has 2 N–H and O–H groups in total. The Hall–Kier alpha value is -2.68. The van der Waals surface area contributed by atoms with Crippen molar-refractivity contribution in [3.05, 3.63) is 40.2 Å².